The molecule has 0 unspecified atom stereocenters. The molecule has 0 aliphatic rings. The van der Waals surface area contributed by atoms with E-state index in [1.54, 1.807) is 30.3 Å². The lowest BCUT2D eigenvalue weighted by atomic mass is 10.1. The number of aromatic nitrogens is 2. The molecule has 2 heterocycles. The quantitative estimate of drug-likeness (QED) is 0.567. The standard InChI is InChI=1S/C22H15FN2O4/c1-13-18(12-16-10-11-20(29-16)17-4-2-3-5-19(17)23)21(26)25(24-13)15-8-6-14(7-9-15)22(27)28/h2-12,24H,1H2,(H,27,28)/p-1/b18-12-. The molecule has 0 amide bonds. The lowest BCUT2D eigenvalue weighted by molar-refractivity contribution is -0.255. The van der Waals surface area contributed by atoms with Crippen LogP contribution in [0.25, 0.3) is 29.7 Å². The van der Waals surface area contributed by atoms with Crippen LogP contribution in [0.4, 0.5) is 4.39 Å². The van der Waals surface area contributed by atoms with Crippen molar-refractivity contribution in [3.63, 3.8) is 0 Å². The summed E-state index contributed by atoms with van der Waals surface area (Å²) >= 11 is 0. The number of nitrogens with one attached hydrogen (secondary N) is 1. The molecule has 29 heavy (non-hydrogen) atoms. The van der Waals surface area contributed by atoms with Gasteiger partial charge in [-0.1, -0.05) is 30.8 Å². The Balaban J connectivity index is 1.75. The van der Waals surface area contributed by atoms with Gasteiger partial charge in [-0.3, -0.25) is 9.89 Å². The van der Waals surface area contributed by atoms with Crippen molar-refractivity contribution < 1.29 is 18.7 Å². The number of furan rings is 1. The summed E-state index contributed by atoms with van der Waals surface area (Å²) in [7, 11) is 0. The summed E-state index contributed by atoms with van der Waals surface area (Å²) in [6.45, 7) is 3.84. The number of aromatic amines is 1. The fraction of sp³-hybridized carbons (Fsp3) is 0. The van der Waals surface area contributed by atoms with Gasteiger partial charge >= 0.3 is 0 Å². The maximum absolute atomic E-state index is 13.9. The van der Waals surface area contributed by atoms with Gasteiger partial charge in [-0.05, 0) is 48.0 Å². The van der Waals surface area contributed by atoms with Crippen LogP contribution < -0.4 is 21.2 Å². The number of hydrogen-bond donors (Lipinski definition) is 1. The zero-order valence-corrected chi connectivity index (χ0v) is 15.0. The first-order valence-corrected chi connectivity index (χ1v) is 8.62. The van der Waals surface area contributed by atoms with E-state index in [4.69, 9.17) is 4.42 Å². The molecular weight excluding hydrogens is 375 g/mol. The fourth-order valence-electron chi connectivity index (χ4n) is 2.95. The molecule has 144 valence electrons. The molecule has 0 atom stereocenters. The molecule has 4 rings (SSSR count). The van der Waals surface area contributed by atoms with Gasteiger partial charge in [-0.15, -0.1) is 0 Å². The third kappa shape index (κ3) is 3.41. The Bertz CT molecular complexity index is 1380. The van der Waals surface area contributed by atoms with Gasteiger partial charge in [-0.2, -0.15) is 0 Å². The van der Waals surface area contributed by atoms with Gasteiger partial charge in [0.05, 0.1) is 27.8 Å². The summed E-state index contributed by atoms with van der Waals surface area (Å²) < 4.78 is 20.8. The van der Waals surface area contributed by atoms with E-state index < -0.39 is 11.8 Å². The van der Waals surface area contributed by atoms with Gasteiger partial charge in [-0.25, -0.2) is 9.07 Å². The predicted molar refractivity (Wildman–Crippen MR) is 103 cm³/mol. The molecule has 7 heteroatoms. The monoisotopic (exact) mass is 389 g/mol. The average Bonchev–Trinajstić information content (AvgIpc) is 3.28. The first-order chi connectivity index (χ1) is 13.9. The van der Waals surface area contributed by atoms with Crippen LogP contribution in [-0.4, -0.2) is 15.7 Å². The van der Waals surface area contributed by atoms with Gasteiger partial charge < -0.3 is 14.3 Å². The van der Waals surface area contributed by atoms with E-state index in [-0.39, 0.29) is 16.3 Å². The molecule has 6 nitrogen and oxygen atoms in total. The normalized spacial score (nSPS) is 11.7. The third-order valence-corrected chi connectivity index (χ3v) is 4.42. The van der Waals surface area contributed by atoms with Crippen molar-refractivity contribution in [2.45, 2.75) is 0 Å². The highest BCUT2D eigenvalue weighted by Crippen LogP contribution is 2.24. The SMILES string of the molecule is C=c1[nH]n(-c2ccc(C(=O)[O-])cc2)c(=O)/c1=C\c1ccc(-c2ccccc2F)o1. The minimum absolute atomic E-state index is 0.00578. The predicted octanol–water partition coefficient (Wildman–Crippen LogP) is 1.17. The van der Waals surface area contributed by atoms with Crippen LogP contribution in [0, 0.1) is 5.82 Å². The summed E-state index contributed by atoms with van der Waals surface area (Å²) in [6.07, 6.45) is 1.51. The maximum Gasteiger partial charge on any atom is 0.279 e. The van der Waals surface area contributed by atoms with Crippen molar-refractivity contribution in [2.24, 2.45) is 0 Å². The van der Waals surface area contributed by atoms with Crippen LogP contribution in [0.1, 0.15) is 16.1 Å². The summed E-state index contributed by atoms with van der Waals surface area (Å²) in [5.74, 6) is -1.00. The number of H-pyrrole nitrogens is 1. The van der Waals surface area contributed by atoms with E-state index in [0.717, 1.165) is 0 Å². The fourth-order valence-corrected chi connectivity index (χ4v) is 2.95. The van der Waals surface area contributed by atoms with Gasteiger partial charge in [0.25, 0.3) is 5.56 Å². The highest BCUT2D eigenvalue weighted by Gasteiger charge is 2.10. The Labute approximate surface area is 163 Å². The van der Waals surface area contributed by atoms with Crippen LogP contribution in [0.5, 0.6) is 0 Å². The highest BCUT2D eigenvalue weighted by atomic mass is 19.1. The van der Waals surface area contributed by atoms with Crippen LogP contribution in [0.3, 0.4) is 0 Å². The second kappa shape index (κ2) is 7.12. The lowest BCUT2D eigenvalue weighted by Crippen LogP contribution is -2.33. The smallest absolute Gasteiger partial charge is 0.279 e. The Morgan fingerprint density at radius 1 is 1.10 bits per heavy atom. The Hall–Kier alpha value is -4.13. The van der Waals surface area contributed by atoms with Gasteiger partial charge in [0.1, 0.15) is 17.3 Å². The molecule has 0 bridgehead atoms. The van der Waals surface area contributed by atoms with Crippen molar-refractivity contribution in [2.75, 3.05) is 0 Å². The van der Waals surface area contributed by atoms with E-state index >= 15 is 0 Å². The van der Waals surface area contributed by atoms with E-state index in [2.05, 4.69) is 11.7 Å². The van der Waals surface area contributed by atoms with Crippen LogP contribution in [0.15, 0.2) is 69.9 Å². The van der Waals surface area contributed by atoms with E-state index in [9.17, 15) is 19.1 Å². The molecule has 2 aromatic carbocycles. The van der Waals surface area contributed by atoms with Crippen molar-refractivity contribution in [1.82, 2.24) is 9.78 Å². The van der Waals surface area contributed by atoms with Gasteiger partial charge in [0.15, 0.2) is 0 Å². The van der Waals surface area contributed by atoms with Gasteiger partial charge in [0, 0.05) is 0 Å². The van der Waals surface area contributed by atoms with Gasteiger partial charge in [0.2, 0.25) is 0 Å². The molecule has 1 N–H and O–H groups in total. The van der Waals surface area contributed by atoms with Crippen LogP contribution >= 0.6 is 0 Å². The second-order valence-electron chi connectivity index (χ2n) is 6.31. The van der Waals surface area contributed by atoms with E-state index in [1.807, 2.05) is 0 Å². The summed E-state index contributed by atoms with van der Waals surface area (Å²) in [5.41, 5.74) is 0.379. The lowest BCUT2D eigenvalue weighted by Gasteiger charge is -2.04. The van der Waals surface area contributed by atoms with Crippen molar-refractivity contribution >= 4 is 18.6 Å². The largest absolute Gasteiger partial charge is 0.545 e. The molecule has 0 aliphatic heterocycles. The topological polar surface area (TPSA) is 91.1 Å². The van der Waals surface area contributed by atoms with Crippen LogP contribution in [-0.2, 0) is 0 Å². The average molecular weight is 389 g/mol. The van der Waals surface area contributed by atoms with Crippen LogP contribution in [0.2, 0.25) is 0 Å². The number of benzene rings is 2. The number of nitrogens with zero attached hydrogens (tertiary/aromatic N) is 1. The summed E-state index contributed by atoms with van der Waals surface area (Å²) in [5, 5.41) is 14.3. The number of carboxylic acid groups (broad SMARTS) is 1. The maximum atomic E-state index is 13.9. The Morgan fingerprint density at radius 3 is 2.52 bits per heavy atom. The minimum Gasteiger partial charge on any atom is -0.545 e. The summed E-state index contributed by atoms with van der Waals surface area (Å²) in [6, 6.07) is 15.1. The first kappa shape index (κ1) is 18.2. The molecule has 2 aromatic heterocycles. The van der Waals surface area contributed by atoms with Crippen molar-refractivity contribution in [3.8, 4) is 17.0 Å². The van der Waals surface area contributed by atoms with Crippen molar-refractivity contribution in [3.05, 3.63) is 98.7 Å². The highest BCUT2D eigenvalue weighted by molar-refractivity contribution is 5.85. The Morgan fingerprint density at radius 2 is 1.83 bits per heavy atom. The van der Waals surface area contributed by atoms with Crippen molar-refractivity contribution in [1.29, 1.82) is 0 Å². The minimum atomic E-state index is -1.30. The number of carboxylic acids is 1. The molecule has 0 radical (unpaired) electrons. The number of aromatic carboxylic acids is 1. The number of halogens is 1. The molecule has 0 spiro atoms. The second-order valence-corrected chi connectivity index (χ2v) is 6.31. The molecule has 0 aliphatic carbocycles. The Kier molecular flexibility index (Phi) is 4.48. The zero-order chi connectivity index (χ0) is 20.5. The van der Waals surface area contributed by atoms with E-state index in [1.165, 1.54) is 41.1 Å². The number of hydrogen-bond acceptors (Lipinski definition) is 4. The molecule has 0 saturated heterocycles. The van der Waals surface area contributed by atoms with E-state index in [0.29, 0.717) is 28.1 Å². The third-order valence-electron chi connectivity index (χ3n) is 4.42. The first-order valence-electron chi connectivity index (χ1n) is 8.62. The zero-order valence-electron chi connectivity index (χ0n) is 15.0. The molecular formula is C22H14FN2O4-. The molecule has 4 aromatic rings. The molecule has 0 saturated carbocycles. The number of carbonyl (C=O) groups is 1. The molecule has 0 fully saturated rings. The number of carbonyl (C=O) groups excluding carboxylic acids is 1. The summed E-state index contributed by atoms with van der Waals surface area (Å²) in [4.78, 5) is 23.6. The number of rotatable bonds is 4.